The Balaban J connectivity index is 5.45. The van der Waals surface area contributed by atoms with Gasteiger partial charge in [-0.2, -0.15) is 0 Å². The standard InChI is InChI=1S/C83H144O17P2/c1-5-9-13-17-21-25-29-33-36-38-41-44-48-52-56-60-64-68-81(86)94-74-79(99-82(87)69-65-61-57-53-49-45-40-35-31-27-23-19-15-11-7-3)76-98-102(91,92)96-72-77(84)71-95-101(89,90)97-75-78(73-93-80(85)67-63-59-55-51-47-43-32-28-24-20-16-12-8-4)100-83(88)70-66-62-58-54-50-46-42-39-37-34-30-26-22-18-14-10-6-2/h21-22,25-27,31,33-34,36-37,41-42,44,46,52,54,56,58,77-79,84H,5-20,23-24,28-30,32,35,38-40,43,45,47-51,53,55,57,59-76H2,1-4H3,(H,89,90)(H,91,92)/b25-21-,26-22-,31-27-,36-33-,37-34-,44-41-,46-42-,56-52-,58-54-/t77-,78+,79+/m0/s1. The van der Waals surface area contributed by atoms with Gasteiger partial charge in [-0.05, 0) is 128 Å². The molecule has 0 aliphatic rings. The maximum absolute atomic E-state index is 13.1. The monoisotopic (exact) mass is 1470 g/mol. The first-order valence-corrected chi connectivity index (χ1v) is 43.1. The highest BCUT2D eigenvalue weighted by Crippen LogP contribution is 2.45. The summed E-state index contributed by atoms with van der Waals surface area (Å²) >= 11 is 0. The summed E-state index contributed by atoms with van der Waals surface area (Å²) in [6, 6.07) is 0. The molecule has 0 rings (SSSR count). The molecule has 0 aliphatic heterocycles. The van der Waals surface area contributed by atoms with Gasteiger partial charge < -0.3 is 33.8 Å². The summed E-state index contributed by atoms with van der Waals surface area (Å²) in [4.78, 5) is 72.9. The fourth-order valence-corrected chi connectivity index (χ4v) is 12.1. The summed E-state index contributed by atoms with van der Waals surface area (Å²) in [5, 5.41) is 10.6. The highest BCUT2D eigenvalue weighted by atomic mass is 31.2. The van der Waals surface area contributed by atoms with Crippen LogP contribution in [0.1, 0.15) is 336 Å². The van der Waals surface area contributed by atoms with E-state index in [1.807, 2.05) is 24.3 Å². The molecule has 0 heterocycles. The fraction of sp³-hybridized carbons (Fsp3) is 0.735. The molecule has 2 unspecified atom stereocenters. The van der Waals surface area contributed by atoms with Crippen molar-refractivity contribution < 1.29 is 80.2 Å². The van der Waals surface area contributed by atoms with Gasteiger partial charge in [0.25, 0.3) is 0 Å². The molecule has 19 heteroatoms. The summed E-state index contributed by atoms with van der Waals surface area (Å²) < 4.78 is 68.5. The zero-order chi connectivity index (χ0) is 74.6. The van der Waals surface area contributed by atoms with E-state index in [-0.39, 0.29) is 25.7 Å². The van der Waals surface area contributed by atoms with Gasteiger partial charge >= 0.3 is 39.5 Å². The first kappa shape index (κ1) is 97.7. The van der Waals surface area contributed by atoms with E-state index < -0.39 is 97.5 Å². The van der Waals surface area contributed by atoms with Crippen LogP contribution in [-0.2, 0) is 65.4 Å². The molecule has 0 aromatic carbocycles. The van der Waals surface area contributed by atoms with Crippen LogP contribution in [0.5, 0.6) is 0 Å². The fourth-order valence-electron chi connectivity index (χ4n) is 10.6. The summed E-state index contributed by atoms with van der Waals surface area (Å²) in [6.45, 7) is 4.71. The molecule has 0 aliphatic carbocycles. The first-order valence-electron chi connectivity index (χ1n) is 40.1. The maximum Gasteiger partial charge on any atom is 0.472 e. The van der Waals surface area contributed by atoms with Gasteiger partial charge in [-0.1, -0.05) is 291 Å². The van der Waals surface area contributed by atoms with Crippen molar-refractivity contribution in [1.29, 1.82) is 0 Å². The van der Waals surface area contributed by atoms with E-state index in [4.69, 9.17) is 37.0 Å². The third-order valence-electron chi connectivity index (χ3n) is 16.7. The number of allylic oxidation sites excluding steroid dienone is 18. The minimum Gasteiger partial charge on any atom is -0.462 e. The lowest BCUT2D eigenvalue weighted by molar-refractivity contribution is -0.161. The average Bonchev–Trinajstić information content (AvgIpc) is 0.951. The Kier molecular flexibility index (Phi) is 71.8. The van der Waals surface area contributed by atoms with Gasteiger partial charge in [-0.3, -0.25) is 37.3 Å². The number of unbranched alkanes of at least 4 members (excludes halogenated alkanes) is 31. The minimum atomic E-state index is -4.99. The summed E-state index contributed by atoms with van der Waals surface area (Å²) in [6.07, 6.45) is 80.8. The van der Waals surface area contributed by atoms with Crippen LogP contribution in [0.25, 0.3) is 0 Å². The van der Waals surface area contributed by atoms with Gasteiger partial charge in [0.05, 0.1) is 26.4 Å². The Morgan fingerprint density at radius 2 is 0.490 bits per heavy atom. The Morgan fingerprint density at radius 3 is 0.824 bits per heavy atom. The molecule has 588 valence electrons. The predicted octanol–water partition coefficient (Wildman–Crippen LogP) is 23.3. The first-order chi connectivity index (χ1) is 49.7. The summed E-state index contributed by atoms with van der Waals surface area (Å²) in [7, 11) is -9.99. The van der Waals surface area contributed by atoms with Crippen LogP contribution in [0.4, 0.5) is 0 Å². The number of esters is 4. The van der Waals surface area contributed by atoms with Crippen LogP contribution in [0.2, 0.25) is 0 Å². The molecule has 0 aromatic heterocycles. The van der Waals surface area contributed by atoms with Gasteiger partial charge in [-0.25, -0.2) is 9.13 Å². The zero-order valence-electron chi connectivity index (χ0n) is 64.3. The van der Waals surface area contributed by atoms with E-state index >= 15 is 0 Å². The Labute approximate surface area is 619 Å². The van der Waals surface area contributed by atoms with Gasteiger partial charge in [0.1, 0.15) is 19.3 Å². The van der Waals surface area contributed by atoms with Crippen LogP contribution in [0.15, 0.2) is 109 Å². The van der Waals surface area contributed by atoms with E-state index in [1.165, 1.54) is 122 Å². The molecule has 0 radical (unpaired) electrons. The van der Waals surface area contributed by atoms with Crippen LogP contribution in [-0.4, -0.2) is 96.7 Å². The smallest absolute Gasteiger partial charge is 0.462 e. The lowest BCUT2D eigenvalue weighted by Gasteiger charge is -2.21. The number of aliphatic hydroxyl groups excluding tert-OH is 1. The molecule has 0 saturated heterocycles. The normalized spacial score (nSPS) is 14.5. The number of ether oxygens (including phenoxy) is 4. The van der Waals surface area contributed by atoms with E-state index in [1.54, 1.807) is 0 Å². The number of hydrogen-bond acceptors (Lipinski definition) is 15. The van der Waals surface area contributed by atoms with Crippen LogP contribution in [0, 0.1) is 0 Å². The number of phosphoric acid groups is 2. The largest absolute Gasteiger partial charge is 0.472 e. The SMILES string of the molecule is CCCCC/C=C\C/C=C\C/C=C\C/C=C\CCCC(=O)OC[C@H](COP(=O)(O)OC[C@@H](O)COP(=O)(O)OC[C@@H](COC(=O)CCCCCCCCCCCCCCC)OC(=O)CCC/C=C\C/C=C\C/C=C\C/C=C\CCCCC)OC(=O)CCCCCCCCC/C=C\CCCCCC. The van der Waals surface area contributed by atoms with Crippen LogP contribution >= 0.6 is 15.6 Å². The molecule has 0 bridgehead atoms. The highest BCUT2D eigenvalue weighted by molar-refractivity contribution is 7.47. The Hall–Kier alpha value is -4.28. The van der Waals surface area contributed by atoms with Gasteiger partial charge in [-0.15, -0.1) is 0 Å². The topological polar surface area (TPSA) is 237 Å². The van der Waals surface area contributed by atoms with Crippen molar-refractivity contribution in [3.63, 3.8) is 0 Å². The number of carbonyl (C=O) groups excluding carboxylic acids is 4. The van der Waals surface area contributed by atoms with Crippen LogP contribution < -0.4 is 0 Å². The third kappa shape index (κ3) is 74.0. The second kappa shape index (κ2) is 75.0. The number of rotatable bonds is 75. The van der Waals surface area contributed by atoms with Crippen molar-refractivity contribution in [1.82, 2.24) is 0 Å². The minimum absolute atomic E-state index is 0.0191. The van der Waals surface area contributed by atoms with Crippen molar-refractivity contribution in [3.8, 4) is 0 Å². The van der Waals surface area contributed by atoms with Crippen molar-refractivity contribution in [3.05, 3.63) is 109 Å². The lowest BCUT2D eigenvalue weighted by atomic mass is 10.0. The Morgan fingerprint density at radius 1 is 0.275 bits per heavy atom. The highest BCUT2D eigenvalue weighted by Gasteiger charge is 2.30. The second-order valence-corrected chi connectivity index (χ2v) is 29.6. The van der Waals surface area contributed by atoms with E-state index in [2.05, 4.69) is 113 Å². The quantitative estimate of drug-likeness (QED) is 0.0169. The second-order valence-electron chi connectivity index (χ2n) is 26.7. The average molecular weight is 1480 g/mol. The molecule has 0 spiro atoms. The van der Waals surface area contributed by atoms with Gasteiger partial charge in [0.15, 0.2) is 12.2 Å². The van der Waals surface area contributed by atoms with Gasteiger partial charge in [0, 0.05) is 25.7 Å². The van der Waals surface area contributed by atoms with Crippen LogP contribution in [0.3, 0.4) is 0 Å². The summed E-state index contributed by atoms with van der Waals surface area (Å²) in [5.41, 5.74) is 0. The van der Waals surface area contributed by atoms with Crippen molar-refractivity contribution in [2.45, 2.75) is 354 Å². The molecule has 102 heavy (non-hydrogen) atoms. The van der Waals surface area contributed by atoms with E-state index in [9.17, 15) is 43.2 Å². The number of phosphoric ester groups is 2. The van der Waals surface area contributed by atoms with Crippen molar-refractivity contribution in [2.24, 2.45) is 0 Å². The third-order valence-corrected chi connectivity index (χ3v) is 18.6. The molecule has 0 amide bonds. The molecule has 17 nitrogen and oxygen atoms in total. The zero-order valence-corrected chi connectivity index (χ0v) is 66.0. The molecule has 5 atom stereocenters. The van der Waals surface area contributed by atoms with Crippen molar-refractivity contribution in [2.75, 3.05) is 39.6 Å². The molecule has 0 fully saturated rings. The van der Waals surface area contributed by atoms with E-state index in [0.29, 0.717) is 38.5 Å². The number of aliphatic hydroxyl groups is 1. The van der Waals surface area contributed by atoms with Gasteiger partial charge in [0.2, 0.25) is 0 Å². The maximum atomic E-state index is 13.1. The predicted molar refractivity (Wildman–Crippen MR) is 418 cm³/mol. The Bertz CT molecular complexity index is 2360. The summed E-state index contributed by atoms with van der Waals surface area (Å²) in [5.74, 6) is -2.30. The molecular weight excluding hydrogens is 1330 g/mol. The lowest BCUT2D eigenvalue weighted by Crippen LogP contribution is -2.30. The molecule has 0 aromatic rings. The molecule has 3 N–H and O–H groups in total. The van der Waals surface area contributed by atoms with E-state index in [0.717, 1.165) is 122 Å². The number of carbonyl (C=O) groups is 4. The van der Waals surface area contributed by atoms with Crippen molar-refractivity contribution >= 4 is 39.5 Å². The molecule has 0 saturated carbocycles. The molecular formula is C83H144O17P2. The number of hydrogen-bond donors (Lipinski definition) is 3.